The molecule has 0 spiro atoms. The summed E-state index contributed by atoms with van der Waals surface area (Å²) in [6.45, 7) is 2.99. The number of furan rings is 1. The molecule has 5 nitrogen and oxygen atoms in total. The third-order valence-corrected chi connectivity index (χ3v) is 3.42. The Hall–Kier alpha value is -1.14. The number of carbonyl (C=O) groups excluding carboxylic acids is 1. The van der Waals surface area contributed by atoms with E-state index in [9.17, 15) is 9.00 Å². The van der Waals surface area contributed by atoms with Gasteiger partial charge in [0.05, 0.1) is 12.0 Å². The van der Waals surface area contributed by atoms with Gasteiger partial charge in [-0.15, -0.1) is 0 Å². The summed E-state index contributed by atoms with van der Waals surface area (Å²) in [5.41, 5.74) is 0.731. The fraction of sp³-hybridized carbons (Fsp3) is 0.545. The summed E-state index contributed by atoms with van der Waals surface area (Å²) in [5, 5.41) is 3.19. The number of piperazine rings is 1. The van der Waals surface area contributed by atoms with Gasteiger partial charge in [0.15, 0.2) is 5.76 Å². The summed E-state index contributed by atoms with van der Waals surface area (Å²) in [6, 6.07) is 1.72. The van der Waals surface area contributed by atoms with E-state index in [1.165, 1.54) is 6.26 Å². The van der Waals surface area contributed by atoms with Crippen molar-refractivity contribution in [3.63, 3.8) is 0 Å². The summed E-state index contributed by atoms with van der Waals surface area (Å²) in [7, 11) is -0.970. The molecule has 94 valence electrons. The molecular weight excluding hydrogens is 240 g/mol. The van der Waals surface area contributed by atoms with E-state index >= 15 is 0 Å². The molecule has 0 aliphatic carbocycles. The molecule has 1 unspecified atom stereocenters. The zero-order valence-corrected chi connectivity index (χ0v) is 10.6. The molecule has 2 rings (SSSR count). The minimum Gasteiger partial charge on any atom is -0.459 e. The molecule has 1 aliphatic heterocycles. The first kappa shape index (κ1) is 12.3. The molecule has 2 heterocycles. The van der Waals surface area contributed by atoms with Gasteiger partial charge in [-0.1, -0.05) is 0 Å². The van der Waals surface area contributed by atoms with Crippen molar-refractivity contribution >= 4 is 16.7 Å². The maximum Gasteiger partial charge on any atom is 0.289 e. The average Bonchev–Trinajstić information content (AvgIpc) is 2.76. The van der Waals surface area contributed by atoms with Gasteiger partial charge in [0.2, 0.25) is 0 Å². The smallest absolute Gasteiger partial charge is 0.289 e. The van der Waals surface area contributed by atoms with Crippen molar-refractivity contribution < 1.29 is 13.4 Å². The van der Waals surface area contributed by atoms with Gasteiger partial charge < -0.3 is 14.6 Å². The summed E-state index contributed by atoms with van der Waals surface area (Å²) in [4.78, 5) is 13.9. The van der Waals surface area contributed by atoms with Gasteiger partial charge in [-0.25, -0.2) is 0 Å². The Morgan fingerprint density at radius 1 is 1.53 bits per heavy atom. The molecule has 1 amide bonds. The number of nitrogens with zero attached hydrogens (tertiary/aromatic N) is 1. The van der Waals surface area contributed by atoms with Crippen LogP contribution < -0.4 is 5.32 Å². The predicted molar refractivity (Wildman–Crippen MR) is 65.3 cm³/mol. The fourth-order valence-corrected chi connectivity index (χ4v) is 2.53. The minimum atomic E-state index is -0.970. The van der Waals surface area contributed by atoms with E-state index in [0.717, 1.165) is 18.7 Å². The van der Waals surface area contributed by atoms with Gasteiger partial charge in [-0.2, -0.15) is 0 Å². The Labute approximate surface area is 103 Å². The largest absolute Gasteiger partial charge is 0.459 e. The van der Waals surface area contributed by atoms with Crippen LogP contribution in [0, 0.1) is 0 Å². The first-order valence-electron chi connectivity index (χ1n) is 5.55. The second-order valence-corrected chi connectivity index (χ2v) is 5.47. The van der Waals surface area contributed by atoms with E-state index in [4.69, 9.17) is 4.42 Å². The lowest BCUT2D eigenvalue weighted by Crippen LogP contribution is -2.46. The Kier molecular flexibility index (Phi) is 3.96. The van der Waals surface area contributed by atoms with Gasteiger partial charge in [0.25, 0.3) is 5.91 Å². The molecule has 17 heavy (non-hydrogen) atoms. The molecule has 1 aromatic rings. The van der Waals surface area contributed by atoms with E-state index in [-0.39, 0.29) is 5.91 Å². The third-order valence-electron chi connectivity index (χ3n) is 2.70. The molecule has 1 saturated heterocycles. The summed E-state index contributed by atoms with van der Waals surface area (Å²) in [6.07, 6.45) is 3.10. The highest BCUT2D eigenvalue weighted by Crippen LogP contribution is 2.15. The van der Waals surface area contributed by atoms with Gasteiger partial charge in [0, 0.05) is 48.8 Å². The van der Waals surface area contributed by atoms with Crippen molar-refractivity contribution in [2.75, 3.05) is 32.4 Å². The normalized spacial score (nSPS) is 18.1. The van der Waals surface area contributed by atoms with Crippen molar-refractivity contribution in [2.24, 2.45) is 0 Å². The molecule has 0 aromatic carbocycles. The molecule has 1 N–H and O–H groups in total. The quantitative estimate of drug-likeness (QED) is 0.839. The van der Waals surface area contributed by atoms with Crippen LogP contribution in [0.3, 0.4) is 0 Å². The van der Waals surface area contributed by atoms with Crippen LogP contribution in [0.1, 0.15) is 16.1 Å². The Bertz CT molecular complexity index is 424. The SMILES string of the molecule is CS(=O)Cc1ccoc1C(=O)N1CCNCC1. The van der Waals surface area contributed by atoms with Gasteiger partial charge in [-0.3, -0.25) is 9.00 Å². The first-order chi connectivity index (χ1) is 8.18. The summed E-state index contributed by atoms with van der Waals surface area (Å²) >= 11 is 0. The van der Waals surface area contributed by atoms with Crippen molar-refractivity contribution in [1.82, 2.24) is 10.2 Å². The minimum absolute atomic E-state index is 0.100. The summed E-state index contributed by atoms with van der Waals surface area (Å²) < 4.78 is 16.4. The van der Waals surface area contributed by atoms with Crippen molar-refractivity contribution in [2.45, 2.75) is 5.75 Å². The average molecular weight is 256 g/mol. The molecule has 1 aliphatic rings. The van der Waals surface area contributed by atoms with Crippen molar-refractivity contribution in [3.8, 4) is 0 Å². The van der Waals surface area contributed by atoms with Gasteiger partial charge in [0.1, 0.15) is 0 Å². The molecular formula is C11H16N2O3S. The van der Waals surface area contributed by atoms with Crippen LogP contribution in [0.15, 0.2) is 16.7 Å². The second-order valence-electron chi connectivity index (χ2n) is 4.03. The molecule has 0 saturated carbocycles. The molecule has 1 aromatic heterocycles. The molecule has 0 radical (unpaired) electrons. The number of amides is 1. The molecule has 0 bridgehead atoms. The maximum atomic E-state index is 12.2. The Balaban J connectivity index is 2.12. The topological polar surface area (TPSA) is 62.6 Å². The molecule has 1 fully saturated rings. The Morgan fingerprint density at radius 2 is 2.24 bits per heavy atom. The standard InChI is InChI=1S/C11H16N2O3S/c1-17(15)8-9-2-7-16-10(9)11(14)13-5-3-12-4-6-13/h2,7,12H,3-6,8H2,1H3. The van der Waals surface area contributed by atoms with Crippen LogP contribution in [-0.2, 0) is 16.6 Å². The van der Waals surface area contributed by atoms with Crippen LogP contribution >= 0.6 is 0 Å². The lowest BCUT2D eigenvalue weighted by molar-refractivity contribution is 0.0702. The second kappa shape index (κ2) is 5.46. The number of hydrogen-bond donors (Lipinski definition) is 1. The van der Waals surface area contributed by atoms with Crippen LogP contribution in [0.2, 0.25) is 0 Å². The van der Waals surface area contributed by atoms with E-state index in [1.54, 1.807) is 17.2 Å². The van der Waals surface area contributed by atoms with Crippen LogP contribution in [-0.4, -0.2) is 47.5 Å². The Morgan fingerprint density at radius 3 is 2.88 bits per heavy atom. The van der Waals surface area contributed by atoms with Crippen molar-refractivity contribution in [3.05, 3.63) is 23.7 Å². The third kappa shape index (κ3) is 2.95. The van der Waals surface area contributed by atoms with E-state index in [1.807, 2.05) is 0 Å². The number of carbonyl (C=O) groups is 1. The van der Waals surface area contributed by atoms with E-state index < -0.39 is 10.8 Å². The lowest BCUT2D eigenvalue weighted by Gasteiger charge is -2.26. The monoisotopic (exact) mass is 256 g/mol. The highest BCUT2D eigenvalue weighted by molar-refractivity contribution is 7.83. The number of nitrogens with one attached hydrogen (secondary N) is 1. The molecule has 6 heteroatoms. The summed E-state index contributed by atoms with van der Waals surface area (Å²) in [5.74, 6) is 0.600. The highest BCUT2D eigenvalue weighted by Gasteiger charge is 2.23. The molecule has 1 atom stereocenters. The van der Waals surface area contributed by atoms with E-state index in [2.05, 4.69) is 5.32 Å². The van der Waals surface area contributed by atoms with Crippen LogP contribution in [0.4, 0.5) is 0 Å². The highest BCUT2D eigenvalue weighted by atomic mass is 32.2. The zero-order valence-electron chi connectivity index (χ0n) is 9.77. The predicted octanol–water partition coefficient (Wildman–Crippen LogP) is 0.204. The number of hydrogen-bond acceptors (Lipinski definition) is 4. The van der Waals surface area contributed by atoms with Crippen molar-refractivity contribution in [1.29, 1.82) is 0 Å². The van der Waals surface area contributed by atoms with Crippen LogP contribution in [0.25, 0.3) is 0 Å². The van der Waals surface area contributed by atoms with E-state index in [0.29, 0.717) is 24.6 Å². The zero-order chi connectivity index (χ0) is 12.3. The van der Waals surface area contributed by atoms with Gasteiger partial charge in [-0.05, 0) is 6.07 Å². The number of rotatable bonds is 3. The first-order valence-corrected chi connectivity index (χ1v) is 7.27. The maximum absolute atomic E-state index is 12.2. The van der Waals surface area contributed by atoms with Gasteiger partial charge >= 0.3 is 0 Å². The fourth-order valence-electron chi connectivity index (χ4n) is 1.87. The van der Waals surface area contributed by atoms with Crippen LogP contribution in [0.5, 0.6) is 0 Å². The lowest BCUT2D eigenvalue weighted by atomic mass is 10.2.